The Hall–Kier alpha value is -2.93. The fourth-order valence-electron chi connectivity index (χ4n) is 3.06. The number of carbonyl (C=O) groups excluding carboxylic acids is 2. The van der Waals surface area contributed by atoms with E-state index in [2.05, 4.69) is 5.32 Å². The van der Waals surface area contributed by atoms with Crippen LogP contribution in [0, 0.1) is 16.0 Å². The third kappa shape index (κ3) is 4.62. The molecular weight excluding hydrogens is 370 g/mol. The molecule has 2 aromatic rings. The van der Waals surface area contributed by atoms with E-state index in [1.807, 2.05) is 0 Å². The van der Waals surface area contributed by atoms with Crippen LogP contribution in [-0.2, 0) is 4.79 Å². The molecule has 0 aromatic heterocycles. The van der Waals surface area contributed by atoms with E-state index in [-0.39, 0.29) is 23.4 Å². The van der Waals surface area contributed by atoms with Gasteiger partial charge in [-0.1, -0.05) is 11.6 Å². The Bertz CT molecular complexity index is 852. The molecule has 0 radical (unpaired) electrons. The Labute approximate surface area is 161 Å². The summed E-state index contributed by atoms with van der Waals surface area (Å²) >= 11 is 5.86. The van der Waals surface area contributed by atoms with Crippen molar-refractivity contribution in [1.29, 1.82) is 0 Å². The Balaban J connectivity index is 1.63. The third-order valence-corrected chi connectivity index (χ3v) is 4.77. The Kier molecular flexibility index (Phi) is 5.71. The number of halogens is 1. The van der Waals surface area contributed by atoms with Gasteiger partial charge >= 0.3 is 0 Å². The predicted octanol–water partition coefficient (Wildman–Crippen LogP) is 3.74. The minimum atomic E-state index is -0.493. The number of nitrogens with zero attached hydrogens (tertiary/aromatic N) is 2. The van der Waals surface area contributed by atoms with Gasteiger partial charge in [0.05, 0.1) is 10.8 Å². The zero-order chi connectivity index (χ0) is 19.4. The summed E-state index contributed by atoms with van der Waals surface area (Å²) < 4.78 is 0. The summed E-state index contributed by atoms with van der Waals surface area (Å²) in [4.78, 5) is 37.0. The lowest BCUT2D eigenvalue weighted by molar-refractivity contribution is -0.384. The van der Waals surface area contributed by atoms with Gasteiger partial charge in [0, 0.05) is 41.5 Å². The monoisotopic (exact) mass is 387 g/mol. The summed E-state index contributed by atoms with van der Waals surface area (Å²) in [5.41, 5.74) is 0.994. The van der Waals surface area contributed by atoms with Crippen molar-refractivity contribution in [3.63, 3.8) is 0 Å². The molecule has 0 bridgehead atoms. The predicted molar refractivity (Wildman–Crippen MR) is 102 cm³/mol. The van der Waals surface area contributed by atoms with Crippen LogP contribution in [-0.4, -0.2) is 34.7 Å². The van der Waals surface area contributed by atoms with Gasteiger partial charge in [0.25, 0.3) is 11.6 Å². The van der Waals surface area contributed by atoms with Crippen LogP contribution in [0.5, 0.6) is 0 Å². The minimum absolute atomic E-state index is 0.0367. The standard InChI is InChI=1S/C19H18ClN3O4/c20-15-5-3-13(4-6-15)19(25)22-11-1-2-14(12-22)18(24)21-16-7-9-17(10-8-16)23(26)27/h3-10,14H,1-2,11-12H2,(H,21,24). The van der Waals surface area contributed by atoms with Gasteiger partial charge in [-0.15, -0.1) is 0 Å². The highest BCUT2D eigenvalue weighted by Gasteiger charge is 2.29. The molecule has 0 aliphatic carbocycles. The summed E-state index contributed by atoms with van der Waals surface area (Å²) in [7, 11) is 0. The van der Waals surface area contributed by atoms with Crippen LogP contribution in [0.1, 0.15) is 23.2 Å². The lowest BCUT2D eigenvalue weighted by Crippen LogP contribution is -2.43. The third-order valence-electron chi connectivity index (χ3n) is 4.52. The molecule has 1 fully saturated rings. The lowest BCUT2D eigenvalue weighted by Gasteiger charge is -2.32. The molecule has 3 rings (SSSR count). The molecule has 7 nitrogen and oxygen atoms in total. The molecule has 1 aliphatic heterocycles. The number of rotatable bonds is 4. The van der Waals surface area contributed by atoms with Crippen molar-refractivity contribution in [1.82, 2.24) is 4.90 Å². The highest BCUT2D eigenvalue weighted by Crippen LogP contribution is 2.22. The van der Waals surface area contributed by atoms with Gasteiger partial charge < -0.3 is 10.2 Å². The summed E-state index contributed by atoms with van der Waals surface area (Å²) in [5, 5.41) is 14.0. The number of piperidine rings is 1. The molecule has 1 atom stereocenters. The highest BCUT2D eigenvalue weighted by atomic mass is 35.5. The Morgan fingerprint density at radius 3 is 2.41 bits per heavy atom. The Morgan fingerprint density at radius 1 is 1.11 bits per heavy atom. The second kappa shape index (κ2) is 8.18. The van der Waals surface area contributed by atoms with E-state index in [4.69, 9.17) is 11.6 Å². The average Bonchev–Trinajstić information content (AvgIpc) is 2.68. The Morgan fingerprint density at radius 2 is 1.78 bits per heavy atom. The van der Waals surface area contributed by atoms with E-state index < -0.39 is 4.92 Å². The van der Waals surface area contributed by atoms with Crippen molar-refractivity contribution in [2.75, 3.05) is 18.4 Å². The van der Waals surface area contributed by atoms with Crippen molar-refractivity contribution in [3.05, 3.63) is 69.2 Å². The summed E-state index contributed by atoms with van der Waals surface area (Å²) in [6.07, 6.45) is 1.42. The number of nitro benzene ring substituents is 1. The van der Waals surface area contributed by atoms with E-state index in [1.54, 1.807) is 29.2 Å². The number of amides is 2. The summed E-state index contributed by atoms with van der Waals surface area (Å²) in [6.45, 7) is 0.934. The van der Waals surface area contributed by atoms with Gasteiger partial charge in [0.1, 0.15) is 0 Å². The number of benzene rings is 2. The smallest absolute Gasteiger partial charge is 0.269 e. The van der Waals surface area contributed by atoms with Crippen molar-refractivity contribution < 1.29 is 14.5 Å². The van der Waals surface area contributed by atoms with Crippen LogP contribution in [0.3, 0.4) is 0 Å². The van der Waals surface area contributed by atoms with Gasteiger partial charge in [-0.05, 0) is 49.2 Å². The first kappa shape index (κ1) is 18.8. The van der Waals surface area contributed by atoms with Crippen LogP contribution < -0.4 is 5.32 Å². The molecular formula is C19H18ClN3O4. The van der Waals surface area contributed by atoms with Gasteiger partial charge in [-0.2, -0.15) is 0 Å². The van der Waals surface area contributed by atoms with Gasteiger partial charge in [0.2, 0.25) is 5.91 Å². The van der Waals surface area contributed by atoms with E-state index in [9.17, 15) is 19.7 Å². The number of likely N-dealkylation sites (tertiary alicyclic amines) is 1. The number of non-ortho nitro benzene ring substituents is 1. The average molecular weight is 388 g/mol. The molecule has 1 unspecified atom stereocenters. The molecule has 1 N–H and O–H groups in total. The second-order valence-electron chi connectivity index (χ2n) is 6.39. The zero-order valence-electron chi connectivity index (χ0n) is 14.4. The molecule has 8 heteroatoms. The molecule has 1 aliphatic rings. The fourth-order valence-corrected chi connectivity index (χ4v) is 3.19. The topological polar surface area (TPSA) is 92.5 Å². The van der Waals surface area contributed by atoms with Gasteiger partial charge in [-0.3, -0.25) is 19.7 Å². The van der Waals surface area contributed by atoms with E-state index >= 15 is 0 Å². The highest BCUT2D eigenvalue weighted by molar-refractivity contribution is 6.30. The molecule has 2 aromatic carbocycles. The lowest BCUT2D eigenvalue weighted by atomic mass is 9.96. The maximum atomic E-state index is 12.6. The molecule has 1 heterocycles. The number of nitro groups is 1. The second-order valence-corrected chi connectivity index (χ2v) is 6.83. The van der Waals surface area contributed by atoms with E-state index in [0.29, 0.717) is 35.8 Å². The van der Waals surface area contributed by atoms with Crippen LogP contribution >= 0.6 is 11.6 Å². The molecule has 2 amide bonds. The molecule has 0 spiro atoms. The summed E-state index contributed by atoms with van der Waals surface area (Å²) in [5.74, 6) is -0.651. The fraction of sp³-hybridized carbons (Fsp3) is 0.263. The SMILES string of the molecule is O=C(Nc1ccc([N+](=O)[O-])cc1)C1CCCN(C(=O)c2ccc(Cl)cc2)C1. The molecule has 140 valence electrons. The van der Waals surface area contributed by atoms with E-state index in [1.165, 1.54) is 24.3 Å². The summed E-state index contributed by atoms with van der Waals surface area (Å²) in [6, 6.07) is 12.3. The van der Waals surface area contributed by atoms with Gasteiger partial charge in [0.15, 0.2) is 0 Å². The number of anilines is 1. The minimum Gasteiger partial charge on any atom is -0.338 e. The van der Waals surface area contributed by atoms with Crippen LogP contribution in [0.25, 0.3) is 0 Å². The number of hydrogen-bond donors (Lipinski definition) is 1. The van der Waals surface area contributed by atoms with Crippen molar-refractivity contribution in [3.8, 4) is 0 Å². The zero-order valence-corrected chi connectivity index (χ0v) is 15.2. The van der Waals surface area contributed by atoms with Crippen LogP contribution in [0.2, 0.25) is 5.02 Å². The first-order valence-corrected chi connectivity index (χ1v) is 8.92. The molecule has 27 heavy (non-hydrogen) atoms. The van der Waals surface area contributed by atoms with Crippen LogP contribution in [0.15, 0.2) is 48.5 Å². The van der Waals surface area contributed by atoms with Crippen molar-refractivity contribution >= 4 is 34.8 Å². The first-order valence-electron chi connectivity index (χ1n) is 8.54. The normalized spacial score (nSPS) is 16.6. The number of nitrogens with one attached hydrogen (secondary N) is 1. The first-order chi connectivity index (χ1) is 12.9. The molecule has 0 saturated carbocycles. The number of carbonyl (C=O) groups is 2. The number of hydrogen-bond acceptors (Lipinski definition) is 4. The maximum Gasteiger partial charge on any atom is 0.269 e. The van der Waals surface area contributed by atoms with Crippen molar-refractivity contribution in [2.24, 2.45) is 5.92 Å². The largest absolute Gasteiger partial charge is 0.338 e. The molecule has 1 saturated heterocycles. The maximum absolute atomic E-state index is 12.6. The quantitative estimate of drug-likeness (QED) is 0.638. The van der Waals surface area contributed by atoms with E-state index in [0.717, 1.165) is 6.42 Å². The van der Waals surface area contributed by atoms with Gasteiger partial charge in [-0.25, -0.2) is 0 Å². The van der Waals surface area contributed by atoms with Crippen molar-refractivity contribution in [2.45, 2.75) is 12.8 Å². The van der Waals surface area contributed by atoms with Crippen LogP contribution in [0.4, 0.5) is 11.4 Å².